The standard InChI is InChI=1S/C19H31N3/c1-20(2)15-18-9-13-22(14-10-18)19-7-5-17(6-8-19)16-21-11-3-4-12-21/h5-8,18H,3-4,9-16H2,1-2H3. The van der Waals surface area contributed by atoms with Crippen LogP contribution in [0.3, 0.4) is 0 Å². The molecule has 3 rings (SSSR count). The summed E-state index contributed by atoms with van der Waals surface area (Å²) < 4.78 is 0. The van der Waals surface area contributed by atoms with Crippen LogP contribution in [-0.4, -0.2) is 56.6 Å². The first-order valence-corrected chi connectivity index (χ1v) is 8.92. The highest BCUT2D eigenvalue weighted by molar-refractivity contribution is 5.48. The van der Waals surface area contributed by atoms with Gasteiger partial charge in [-0.05, 0) is 76.5 Å². The van der Waals surface area contributed by atoms with E-state index >= 15 is 0 Å². The predicted molar refractivity (Wildman–Crippen MR) is 94.4 cm³/mol. The Morgan fingerprint density at radius 2 is 1.59 bits per heavy atom. The van der Waals surface area contributed by atoms with Gasteiger partial charge in [0.2, 0.25) is 0 Å². The van der Waals surface area contributed by atoms with Crippen molar-refractivity contribution < 1.29 is 0 Å². The third-order valence-electron chi connectivity index (χ3n) is 5.14. The van der Waals surface area contributed by atoms with Crippen LogP contribution in [0, 0.1) is 5.92 Å². The van der Waals surface area contributed by atoms with E-state index in [4.69, 9.17) is 0 Å². The molecule has 0 amide bonds. The number of piperidine rings is 1. The van der Waals surface area contributed by atoms with Crippen molar-refractivity contribution in [1.82, 2.24) is 9.80 Å². The highest BCUT2D eigenvalue weighted by Crippen LogP contribution is 2.24. The van der Waals surface area contributed by atoms with Gasteiger partial charge in [-0.15, -0.1) is 0 Å². The summed E-state index contributed by atoms with van der Waals surface area (Å²) in [5, 5.41) is 0. The van der Waals surface area contributed by atoms with E-state index in [1.54, 1.807) is 0 Å². The van der Waals surface area contributed by atoms with Gasteiger partial charge in [0, 0.05) is 31.9 Å². The van der Waals surface area contributed by atoms with E-state index in [0.29, 0.717) is 0 Å². The first-order chi connectivity index (χ1) is 10.7. The van der Waals surface area contributed by atoms with Crippen LogP contribution in [0.4, 0.5) is 5.69 Å². The molecule has 122 valence electrons. The monoisotopic (exact) mass is 301 g/mol. The van der Waals surface area contributed by atoms with Gasteiger partial charge in [0.25, 0.3) is 0 Å². The summed E-state index contributed by atoms with van der Waals surface area (Å²) in [6.45, 7) is 7.35. The maximum absolute atomic E-state index is 2.57. The molecule has 0 N–H and O–H groups in total. The number of likely N-dealkylation sites (tertiary alicyclic amines) is 1. The van der Waals surface area contributed by atoms with Gasteiger partial charge in [0.1, 0.15) is 0 Å². The first kappa shape index (κ1) is 15.8. The highest BCUT2D eigenvalue weighted by Gasteiger charge is 2.20. The zero-order valence-electron chi connectivity index (χ0n) is 14.3. The lowest BCUT2D eigenvalue weighted by atomic mass is 9.96. The van der Waals surface area contributed by atoms with E-state index in [0.717, 1.165) is 12.5 Å². The molecule has 0 atom stereocenters. The number of hydrogen-bond donors (Lipinski definition) is 0. The van der Waals surface area contributed by atoms with Gasteiger partial charge in [-0.25, -0.2) is 0 Å². The largest absolute Gasteiger partial charge is 0.372 e. The molecule has 0 saturated carbocycles. The van der Waals surface area contributed by atoms with Gasteiger partial charge < -0.3 is 9.80 Å². The van der Waals surface area contributed by atoms with Crippen molar-refractivity contribution >= 4 is 5.69 Å². The smallest absolute Gasteiger partial charge is 0.0366 e. The molecule has 2 aliphatic heterocycles. The van der Waals surface area contributed by atoms with Crippen molar-refractivity contribution in [1.29, 1.82) is 0 Å². The summed E-state index contributed by atoms with van der Waals surface area (Å²) in [6, 6.07) is 9.33. The Balaban J connectivity index is 1.50. The fourth-order valence-corrected chi connectivity index (χ4v) is 3.90. The summed E-state index contributed by atoms with van der Waals surface area (Å²) in [7, 11) is 4.37. The van der Waals surface area contributed by atoms with Crippen molar-refractivity contribution in [3.63, 3.8) is 0 Å². The van der Waals surface area contributed by atoms with Crippen LogP contribution >= 0.6 is 0 Å². The van der Waals surface area contributed by atoms with Gasteiger partial charge in [0.15, 0.2) is 0 Å². The van der Waals surface area contributed by atoms with Gasteiger partial charge in [-0.3, -0.25) is 4.90 Å². The molecule has 2 fully saturated rings. The molecule has 2 aliphatic rings. The lowest BCUT2D eigenvalue weighted by Crippen LogP contribution is -2.37. The SMILES string of the molecule is CN(C)CC1CCN(c2ccc(CN3CCCC3)cc2)CC1. The van der Waals surface area contributed by atoms with Crippen LogP contribution in [0.2, 0.25) is 0 Å². The fraction of sp³-hybridized carbons (Fsp3) is 0.684. The van der Waals surface area contributed by atoms with E-state index in [-0.39, 0.29) is 0 Å². The number of hydrogen-bond acceptors (Lipinski definition) is 3. The number of nitrogens with zero attached hydrogens (tertiary/aromatic N) is 3. The average Bonchev–Trinajstić information content (AvgIpc) is 3.01. The van der Waals surface area contributed by atoms with Crippen molar-refractivity contribution in [2.24, 2.45) is 5.92 Å². The topological polar surface area (TPSA) is 9.72 Å². The summed E-state index contributed by atoms with van der Waals surface area (Å²) in [5.41, 5.74) is 2.88. The molecule has 3 nitrogen and oxygen atoms in total. The molecule has 0 bridgehead atoms. The molecular formula is C19H31N3. The number of rotatable bonds is 5. The van der Waals surface area contributed by atoms with E-state index in [1.807, 2.05) is 0 Å². The minimum Gasteiger partial charge on any atom is -0.372 e. The quantitative estimate of drug-likeness (QED) is 0.827. The molecule has 22 heavy (non-hydrogen) atoms. The normalized spacial score (nSPS) is 21.0. The minimum absolute atomic E-state index is 0.876. The molecule has 0 aromatic heterocycles. The second kappa shape index (κ2) is 7.47. The highest BCUT2D eigenvalue weighted by atomic mass is 15.1. The minimum atomic E-state index is 0.876. The Hall–Kier alpha value is -1.06. The van der Waals surface area contributed by atoms with E-state index in [1.165, 1.54) is 69.7 Å². The van der Waals surface area contributed by atoms with Crippen LogP contribution in [0.25, 0.3) is 0 Å². The molecule has 0 aliphatic carbocycles. The number of benzene rings is 1. The molecule has 2 heterocycles. The van der Waals surface area contributed by atoms with Crippen LogP contribution in [0.15, 0.2) is 24.3 Å². The van der Waals surface area contributed by atoms with Gasteiger partial charge in [0.05, 0.1) is 0 Å². The molecule has 0 spiro atoms. The molecule has 3 heteroatoms. The Bertz CT molecular complexity index is 440. The van der Waals surface area contributed by atoms with Gasteiger partial charge in [-0.2, -0.15) is 0 Å². The maximum Gasteiger partial charge on any atom is 0.0366 e. The van der Waals surface area contributed by atoms with Gasteiger partial charge >= 0.3 is 0 Å². The lowest BCUT2D eigenvalue weighted by Gasteiger charge is -2.34. The molecule has 0 unspecified atom stereocenters. The first-order valence-electron chi connectivity index (χ1n) is 8.92. The third-order valence-corrected chi connectivity index (χ3v) is 5.14. The Morgan fingerprint density at radius 3 is 2.18 bits per heavy atom. The van der Waals surface area contributed by atoms with E-state index in [2.05, 4.69) is 53.1 Å². The second-order valence-corrected chi connectivity index (χ2v) is 7.34. The molecule has 1 aromatic rings. The maximum atomic E-state index is 2.57. The van der Waals surface area contributed by atoms with Crippen molar-refractivity contribution in [3.05, 3.63) is 29.8 Å². The number of anilines is 1. The van der Waals surface area contributed by atoms with Gasteiger partial charge in [-0.1, -0.05) is 12.1 Å². The fourth-order valence-electron chi connectivity index (χ4n) is 3.90. The van der Waals surface area contributed by atoms with Crippen molar-refractivity contribution in [2.75, 3.05) is 51.7 Å². The van der Waals surface area contributed by atoms with Crippen molar-refractivity contribution in [2.45, 2.75) is 32.2 Å². The summed E-state index contributed by atoms with van der Waals surface area (Å²) in [6.07, 6.45) is 5.40. The van der Waals surface area contributed by atoms with Crippen LogP contribution in [0.5, 0.6) is 0 Å². The second-order valence-electron chi connectivity index (χ2n) is 7.34. The summed E-state index contributed by atoms with van der Waals surface area (Å²) in [4.78, 5) is 7.46. The predicted octanol–water partition coefficient (Wildman–Crippen LogP) is 3.06. The van der Waals surface area contributed by atoms with Crippen molar-refractivity contribution in [3.8, 4) is 0 Å². The molecule has 1 aromatic carbocycles. The lowest BCUT2D eigenvalue weighted by molar-refractivity contribution is 0.285. The molecular weight excluding hydrogens is 270 g/mol. The Labute approximate surface area is 135 Å². The molecule has 0 radical (unpaired) electrons. The zero-order valence-corrected chi connectivity index (χ0v) is 14.3. The summed E-state index contributed by atoms with van der Waals surface area (Å²) >= 11 is 0. The third kappa shape index (κ3) is 4.23. The van der Waals surface area contributed by atoms with E-state index < -0.39 is 0 Å². The Kier molecular flexibility index (Phi) is 5.37. The Morgan fingerprint density at radius 1 is 0.955 bits per heavy atom. The van der Waals surface area contributed by atoms with Crippen LogP contribution < -0.4 is 4.90 Å². The van der Waals surface area contributed by atoms with Crippen LogP contribution in [-0.2, 0) is 6.54 Å². The van der Waals surface area contributed by atoms with E-state index in [9.17, 15) is 0 Å². The zero-order chi connectivity index (χ0) is 15.4. The summed E-state index contributed by atoms with van der Waals surface area (Å²) in [5.74, 6) is 0.876. The van der Waals surface area contributed by atoms with Crippen LogP contribution in [0.1, 0.15) is 31.2 Å². The molecule has 2 saturated heterocycles. The average molecular weight is 301 g/mol.